The minimum atomic E-state index is -1.18. The van der Waals surface area contributed by atoms with Crippen molar-refractivity contribution in [3.63, 3.8) is 0 Å². The summed E-state index contributed by atoms with van der Waals surface area (Å²) in [5.74, 6) is -0.767. The SMILES string of the molecule is COCON1C(=O)C(c2c(C)cc(C)cc2C)=C(OC(=O)C2(C)CC2(Cl)Cl)C1(C)C. The Bertz CT molecular complexity index is 930. The molecule has 0 radical (unpaired) electrons. The van der Waals surface area contributed by atoms with Gasteiger partial charge in [-0.2, -0.15) is 0 Å². The molecule has 0 saturated heterocycles. The van der Waals surface area contributed by atoms with Gasteiger partial charge < -0.3 is 9.47 Å². The standard InChI is InChI=1S/C22H27Cl2NO5/c1-12-8-13(2)15(14(3)9-12)16-17(30-19(27)21(6)10-22(21,23)24)20(4,5)25(18(16)26)29-11-28-7/h8-9H,10-11H2,1-7H3. The van der Waals surface area contributed by atoms with Gasteiger partial charge in [0.15, 0.2) is 6.79 Å². The molecule has 1 fully saturated rings. The van der Waals surface area contributed by atoms with Crippen molar-refractivity contribution in [1.82, 2.24) is 5.06 Å². The molecule has 0 bridgehead atoms. The molecule has 1 aromatic rings. The highest BCUT2D eigenvalue weighted by Gasteiger charge is 2.70. The fourth-order valence-corrected chi connectivity index (χ4v) is 4.66. The van der Waals surface area contributed by atoms with Gasteiger partial charge in [0.05, 0.1) is 5.57 Å². The number of rotatable bonds is 6. The summed E-state index contributed by atoms with van der Waals surface area (Å²) in [4.78, 5) is 32.0. The first kappa shape index (κ1) is 23.1. The largest absolute Gasteiger partial charge is 0.427 e. The minimum Gasteiger partial charge on any atom is -0.427 e. The summed E-state index contributed by atoms with van der Waals surface area (Å²) in [6.07, 6.45) is 0.283. The van der Waals surface area contributed by atoms with E-state index in [-0.39, 0.29) is 19.0 Å². The maximum Gasteiger partial charge on any atom is 0.320 e. The van der Waals surface area contributed by atoms with Gasteiger partial charge in [-0.1, -0.05) is 17.7 Å². The summed E-state index contributed by atoms with van der Waals surface area (Å²) in [5.41, 5.74) is 1.78. The number of hydroxylamine groups is 2. The molecule has 164 valence electrons. The van der Waals surface area contributed by atoms with Crippen molar-refractivity contribution < 1.29 is 23.9 Å². The molecule has 0 N–H and O–H groups in total. The van der Waals surface area contributed by atoms with E-state index in [1.54, 1.807) is 20.8 Å². The lowest BCUT2D eigenvalue weighted by molar-refractivity contribution is -0.239. The van der Waals surface area contributed by atoms with Crippen molar-refractivity contribution in [1.29, 1.82) is 0 Å². The van der Waals surface area contributed by atoms with Crippen molar-refractivity contribution in [2.45, 2.75) is 57.8 Å². The quantitative estimate of drug-likeness (QED) is 0.356. The van der Waals surface area contributed by atoms with Gasteiger partial charge in [-0.25, -0.2) is 9.90 Å². The molecule has 1 aliphatic heterocycles. The topological polar surface area (TPSA) is 65.1 Å². The van der Waals surface area contributed by atoms with E-state index in [1.807, 2.05) is 32.9 Å². The first-order chi connectivity index (χ1) is 13.8. The maximum absolute atomic E-state index is 13.4. The molecule has 1 heterocycles. The highest BCUT2D eigenvalue weighted by atomic mass is 35.5. The molecule has 1 saturated carbocycles. The van der Waals surface area contributed by atoms with Gasteiger partial charge in [0.1, 0.15) is 21.0 Å². The Hall–Kier alpha value is -1.60. The lowest BCUT2D eigenvalue weighted by Crippen LogP contribution is -2.44. The fourth-order valence-electron chi connectivity index (χ4n) is 3.97. The number of esters is 1. The molecule has 2 aliphatic rings. The third kappa shape index (κ3) is 3.54. The van der Waals surface area contributed by atoms with Gasteiger partial charge >= 0.3 is 5.97 Å². The number of alkyl halides is 2. The number of nitrogens with zero attached hydrogens (tertiary/aromatic N) is 1. The fraction of sp³-hybridized carbons (Fsp3) is 0.545. The average Bonchev–Trinajstić information content (AvgIpc) is 3.08. The second kappa shape index (κ2) is 7.52. The first-order valence-corrected chi connectivity index (χ1v) is 10.4. The van der Waals surface area contributed by atoms with Crippen molar-refractivity contribution >= 4 is 40.7 Å². The van der Waals surface area contributed by atoms with Crippen LogP contribution in [0.25, 0.3) is 5.57 Å². The molecular weight excluding hydrogens is 429 g/mol. The smallest absolute Gasteiger partial charge is 0.320 e. The number of benzene rings is 1. The molecule has 0 spiro atoms. The number of hydrogen-bond acceptors (Lipinski definition) is 5. The maximum atomic E-state index is 13.4. The van der Waals surface area contributed by atoms with Gasteiger partial charge in [-0.3, -0.25) is 9.59 Å². The van der Waals surface area contributed by atoms with Crippen LogP contribution in [-0.2, 0) is 23.9 Å². The number of halogens is 2. The summed E-state index contributed by atoms with van der Waals surface area (Å²) < 4.78 is 9.66. The Morgan fingerprint density at radius 1 is 1.13 bits per heavy atom. The van der Waals surface area contributed by atoms with Crippen LogP contribution in [0.5, 0.6) is 0 Å². The lowest BCUT2D eigenvalue weighted by Gasteiger charge is -2.31. The third-order valence-electron chi connectivity index (χ3n) is 5.82. The van der Waals surface area contributed by atoms with Crippen molar-refractivity contribution in [2.75, 3.05) is 13.9 Å². The second-order valence-electron chi connectivity index (χ2n) is 8.77. The van der Waals surface area contributed by atoms with E-state index in [1.165, 1.54) is 12.2 Å². The van der Waals surface area contributed by atoms with E-state index >= 15 is 0 Å². The van der Waals surface area contributed by atoms with Crippen LogP contribution in [0.2, 0.25) is 0 Å². The number of aryl methyl sites for hydroxylation is 3. The van der Waals surface area contributed by atoms with Crippen LogP contribution in [-0.4, -0.2) is 40.7 Å². The molecule has 6 nitrogen and oxygen atoms in total. The van der Waals surface area contributed by atoms with Crippen molar-refractivity contribution in [2.24, 2.45) is 5.41 Å². The average molecular weight is 456 g/mol. The van der Waals surface area contributed by atoms with Gasteiger partial charge in [-0.15, -0.1) is 23.2 Å². The van der Waals surface area contributed by atoms with Crippen LogP contribution in [0.3, 0.4) is 0 Å². The summed E-state index contributed by atoms with van der Waals surface area (Å²) >= 11 is 12.4. The molecule has 0 aromatic heterocycles. The summed E-state index contributed by atoms with van der Waals surface area (Å²) in [7, 11) is 1.46. The van der Waals surface area contributed by atoms with E-state index in [0.717, 1.165) is 16.7 Å². The van der Waals surface area contributed by atoms with Crippen molar-refractivity contribution in [3.05, 3.63) is 40.1 Å². The van der Waals surface area contributed by atoms with E-state index in [4.69, 9.17) is 37.5 Å². The number of ether oxygens (including phenoxy) is 2. The van der Waals surface area contributed by atoms with E-state index in [9.17, 15) is 9.59 Å². The summed E-state index contributed by atoms with van der Waals surface area (Å²) in [6, 6.07) is 3.97. The molecule has 8 heteroatoms. The zero-order chi connectivity index (χ0) is 22.6. The van der Waals surface area contributed by atoms with Gasteiger partial charge in [0.25, 0.3) is 5.91 Å². The van der Waals surface area contributed by atoms with Crippen LogP contribution >= 0.6 is 23.2 Å². The Balaban J connectivity index is 2.15. The van der Waals surface area contributed by atoms with Gasteiger partial charge in [-0.05, 0) is 58.2 Å². The predicted octanol–water partition coefficient (Wildman–Crippen LogP) is 4.61. The van der Waals surface area contributed by atoms with Gasteiger partial charge in [0, 0.05) is 13.5 Å². The molecule has 1 atom stereocenters. The Labute approximate surface area is 187 Å². The minimum absolute atomic E-state index is 0.125. The number of amides is 1. The zero-order valence-corrected chi connectivity index (χ0v) is 19.8. The van der Waals surface area contributed by atoms with Crippen LogP contribution in [0.15, 0.2) is 17.9 Å². The van der Waals surface area contributed by atoms with Crippen LogP contribution in [0.4, 0.5) is 0 Å². The number of carbonyl (C=O) groups excluding carboxylic acids is 2. The number of methoxy groups -OCH3 is 1. The normalized spacial score (nSPS) is 24.4. The number of carbonyl (C=O) groups is 2. The molecule has 1 aliphatic carbocycles. The Kier molecular flexibility index (Phi) is 5.78. The van der Waals surface area contributed by atoms with Crippen LogP contribution < -0.4 is 0 Å². The highest BCUT2D eigenvalue weighted by Crippen LogP contribution is 2.64. The highest BCUT2D eigenvalue weighted by molar-refractivity contribution is 6.53. The molecule has 1 amide bonds. The molecule has 30 heavy (non-hydrogen) atoms. The Morgan fingerprint density at radius 2 is 1.67 bits per heavy atom. The summed E-state index contributed by atoms with van der Waals surface area (Å²) in [6.45, 7) is 10.9. The second-order valence-corrected chi connectivity index (χ2v) is 10.3. The van der Waals surface area contributed by atoms with E-state index < -0.39 is 27.2 Å². The molecule has 3 rings (SSSR count). The molecule has 1 aromatic carbocycles. The van der Waals surface area contributed by atoms with Crippen LogP contribution in [0.1, 0.15) is 49.4 Å². The first-order valence-electron chi connectivity index (χ1n) is 9.67. The monoisotopic (exact) mass is 455 g/mol. The third-order valence-corrected chi connectivity index (χ3v) is 6.92. The van der Waals surface area contributed by atoms with E-state index in [2.05, 4.69) is 0 Å². The molecular formula is C22H27Cl2NO5. The predicted molar refractivity (Wildman–Crippen MR) is 115 cm³/mol. The zero-order valence-electron chi connectivity index (χ0n) is 18.3. The van der Waals surface area contributed by atoms with Crippen molar-refractivity contribution in [3.8, 4) is 0 Å². The Morgan fingerprint density at radius 3 is 2.13 bits per heavy atom. The van der Waals surface area contributed by atoms with Gasteiger partial charge in [0.2, 0.25) is 0 Å². The molecule has 1 unspecified atom stereocenters. The number of hydrogen-bond donors (Lipinski definition) is 0. The van der Waals surface area contributed by atoms with E-state index in [0.29, 0.717) is 11.1 Å². The lowest BCUT2D eigenvalue weighted by atomic mass is 9.91. The summed E-state index contributed by atoms with van der Waals surface area (Å²) in [5, 5.41) is 1.19. The van der Waals surface area contributed by atoms with Crippen LogP contribution in [0, 0.1) is 26.2 Å².